The Labute approximate surface area is 212 Å². The highest BCUT2D eigenvalue weighted by atomic mass is 15.5. The zero-order chi connectivity index (χ0) is 24.2. The molecule has 0 amide bonds. The molecule has 1 heterocycles. The fraction of sp³-hybridized carbons (Fsp3) is 0.0606. The van der Waals surface area contributed by atoms with Crippen molar-refractivity contribution in [2.75, 3.05) is 9.91 Å². The van der Waals surface area contributed by atoms with Crippen LogP contribution in [0.1, 0.15) is 16.7 Å². The summed E-state index contributed by atoms with van der Waals surface area (Å²) < 4.78 is 0. The van der Waals surface area contributed by atoms with E-state index in [-0.39, 0.29) is 0 Å². The van der Waals surface area contributed by atoms with Gasteiger partial charge in [0.1, 0.15) is 0 Å². The Balaban J connectivity index is 1.34. The number of hydrogen-bond acceptors (Lipinski definition) is 3. The maximum absolute atomic E-state index is 4.86. The molecule has 1 aliphatic rings. The first kappa shape index (κ1) is 21.9. The molecule has 0 aliphatic carbocycles. The first-order valence-electron chi connectivity index (χ1n) is 12.4. The molecule has 3 heteroatoms. The maximum atomic E-state index is 4.86. The van der Waals surface area contributed by atoms with Crippen molar-refractivity contribution in [1.82, 2.24) is 0 Å². The van der Waals surface area contributed by atoms with Gasteiger partial charge in [-0.15, -0.1) is 0 Å². The largest absolute Gasteiger partial charge is 0.310 e. The van der Waals surface area contributed by atoms with Gasteiger partial charge in [-0.1, -0.05) is 84.9 Å². The number of benzene rings is 5. The molecule has 0 aromatic heterocycles. The highest BCUT2D eigenvalue weighted by Crippen LogP contribution is 2.41. The van der Waals surface area contributed by atoms with E-state index in [1.165, 1.54) is 22.5 Å². The van der Waals surface area contributed by atoms with Crippen molar-refractivity contribution in [1.29, 1.82) is 0 Å². The standard InChI is InChI=1S/C33H27N3/c1-3-13-30(14-4-1)36(31-15-5-2-6-16-31)34-25-26-19-23-29(24-20-26)35-32-17-9-7-11-27(32)21-22-28-12-8-10-18-33(28)35/h1-20,23-25H,21-22H2. The number of hydrogen-bond donors (Lipinski definition) is 0. The van der Waals surface area contributed by atoms with E-state index < -0.39 is 0 Å². The molecule has 0 radical (unpaired) electrons. The molecule has 36 heavy (non-hydrogen) atoms. The molecular formula is C33H27N3. The summed E-state index contributed by atoms with van der Waals surface area (Å²) in [6.07, 6.45) is 4.01. The van der Waals surface area contributed by atoms with E-state index in [1.54, 1.807) is 0 Å². The zero-order valence-electron chi connectivity index (χ0n) is 20.0. The Morgan fingerprint density at radius 1 is 0.528 bits per heavy atom. The summed E-state index contributed by atoms with van der Waals surface area (Å²) in [5.41, 5.74) is 9.50. The van der Waals surface area contributed by atoms with Crippen molar-refractivity contribution in [3.8, 4) is 0 Å². The molecule has 5 aromatic rings. The summed E-state index contributed by atoms with van der Waals surface area (Å²) in [4.78, 5) is 2.39. The number of fused-ring (bicyclic) bond motifs is 2. The van der Waals surface area contributed by atoms with E-state index in [2.05, 4.69) is 102 Å². The maximum Gasteiger partial charge on any atom is 0.0652 e. The minimum Gasteiger partial charge on any atom is -0.310 e. The zero-order valence-corrected chi connectivity index (χ0v) is 20.0. The van der Waals surface area contributed by atoms with Crippen LogP contribution in [0, 0.1) is 0 Å². The highest BCUT2D eigenvalue weighted by molar-refractivity contribution is 5.85. The minimum absolute atomic E-state index is 1.02. The van der Waals surface area contributed by atoms with Crippen molar-refractivity contribution in [2.45, 2.75) is 12.8 Å². The number of hydrazone groups is 1. The van der Waals surface area contributed by atoms with Crippen LogP contribution in [0.2, 0.25) is 0 Å². The van der Waals surface area contributed by atoms with E-state index in [0.717, 1.165) is 35.5 Å². The number of aryl methyl sites for hydroxylation is 2. The lowest BCUT2D eigenvalue weighted by atomic mass is 10.0. The lowest BCUT2D eigenvalue weighted by Crippen LogP contribution is -2.11. The van der Waals surface area contributed by atoms with Crippen LogP contribution >= 0.6 is 0 Å². The van der Waals surface area contributed by atoms with Gasteiger partial charge in [0, 0.05) is 17.1 Å². The van der Waals surface area contributed by atoms with Crippen LogP contribution in [-0.2, 0) is 12.8 Å². The van der Waals surface area contributed by atoms with Gasteiger partial charge in [-0.05, 0) is 78.1 Å². The van der Waals surface area contributed by atoms with E-state index in [0.29, 0.717) is 0 Å². The van der Waals surface area contributed by atoms with E-state index in [4.69, 9.17) is 5.10 Å². The first-order valence-corrected chi connectivity index (χ1v) is 12.4. The van der Waals surface area contributed by atoms with Crippen molar-refractivity contribution in [3.63, 3.8) is 0 Å². The molecule has 0 bridgehead atoms. The SMILES string of the molecule is C(=NN(c1ccccc1)c1ccccc1)c1ccc(N2c3ccccc3CCc3ccccc32)cc1. The molecule has 0 atom stereocenters. The molecule has 5 aromatic carbocycles. The van der Waals surface area contributed by atoms with Gasteiger partial charge < -0.3 is 4.90 Å². The van der Waals surface area contributed by atoms with Crippen LogP contribution < -0.4 is 9.91 Å². The summed E-state index contributed by atoms with van der Waals surface area (Å²) in [7, 11) is 0. The van der Waals surface area contributed by atoms with Crippen LogP contribution in [0.3, 0.4) is 0 Å². The molecule has 3 nitrogen and oxygen atoms in total. The third-order valence-corrected chi connectivity index (χ3v) is 6.60. The predicted octanol–water partition coefficient (Wildman–Crippen LogP) is 8.43. The third kappa shape index (κ3) is 4.39. The second-order valence-corrected chi connectivity index (χ2v) is 8.91. The molecule has 1 aliphatic heterocycles. The minimum atomic E-state index is 1.02. The van der Waals surface area contributed by atoms with Crippen LogP contribution in [0.5, 0.6) is 0 Å². The lowest BCUT2D eigenvalue weighted by Gasteiger charge is -2.27. The monoisotopic (exact) mass is 465 g/mol. The highest BCUT2D eigenvalue weighted by Gasteiger charge is 2.21. The van der Waals surface area contributed by atoms with Crippen LogP contribution in [-0.4, -0.2) is 6.21 Å². The lowest BCUT2D eigenvalue weighted by molar-refractivity contribution is 0.977. The normalized spacial score (nSPS) is 12.6. The fourth-order valence-electron chi connectivity index (χ4n) is 4.81. The molecule has 0 spiro atoms. The first-order chi connectivity index (χ1) is 17.9. The number of nitrogens with zero attached hydrogens (tertiary/aromatic N) is 3. The van der Waals surface area contributed by atoms with E-state index in [1.807, 2.05) is 47.6 Å². The Morgan fingerprint density at radius 2 is 1.00 bits per heavy atom. The van der Waals surface area contributed by atoms with Crippen LogP contribution in [0.25, 0.3) is 0 Å². The predicted molar refractivity (Wildman–Crippen MR) is 151 cm³/mol. The number of para-hydroxylation sites is 4. The summed E-state index contributed by atoms with van der Waals surface area (Å²) in [5, 5.41) is 6.83. The second kappa shape index (κ2) is 9.93. The average molecular weight is 466 g/mol. The molecule has 0 unspecified atom stereocenters. The molecule has 0 saturated carbocycles. The van der Waals surface area contributed by atoms with Gasteiger partial charge in [-0.3, -0.25) is 0 Å². The topological polar surface area (TPSA) is 18.8 Å². The molecule has 6 rings (SSSR count). The Morgan fingerprint density at radius 3 is 1.53 bits per heavy atom. The van der Waals surface area contributed by atoms with Crippen LogP contribution in [0.15, 0.2) is 139 Å². The molecular weight excluding hydrogens is 438 g/mol. The van der Waals surface area contributed by atoms with Gasteiger partial charge in [0.05, 0.1) is 17.6 Å². The molecule has 0 saturated heterocycles. The number of rotatable bonds is 5. The van der Waals surface area contributed by atoms with E-state index >= 15 is 0 Å². The fourth-order valence-corrected chi connectivity index (χ4v) is 4.81. The van der Waals surface area contributed by atoms with Crippen LogP contribution in [0.4, 0.5) is 28.4 Å². The summed E-state index contributed by atoms with van der Waals surface area (Å²) in [6.45, 7) is 0. The van der Waals surface area contributed by atoms with Gasteiger partial charge in [0.15, 0.2) is 0 Å². The van der Waals surface area contributed by atoms with Gasteiger partial charge in [-0.25, -0.2) is 5.01 Å². The Hall–Kier alpha value is -4.63. The van der Waals surface area contributed by atoms with Crippen molar-refractivity contribution >= 4 is 34.7 Å². The van der Waals surface area contributed by atoms with Gasteiger partial charge in [0.25, 0.3) is 0 Å². The van der Waals surface area contributed by atoms with Crippen molar-refractivity contribution in [3.05, 3.63) is 150 Å². The Bertz CT molecular complexity index is 1390. The van der Waals surface area contributed by atoms with Gasteiger partial charge in [0.2, 0.25) is 0 Å². The quantitative estimate of drug-likeness (QED) is 0.192. The molecule has 0 fully saturated rings. The summed E-state index contributed by atoms with van der Waals surface area (Å²) >= 11 is 0. The summed E-state index contributed by atoms with van der Waals surface area (Å²) in [5.74, 6) is 0. The molecule has 174 valence electrons. The third-order valence-electron chi connectivity index (χ3n) is 6.60. The molecule has 0 N–H and O–H groups in total. The average Bonchev–Trinajstić information content (AvgIpc) is 3.12. The summed E-state index contributed by atoms with van der Waals surface area (Å²) in [6, 6.07) is 46.6. The smallest absolute Gasteiger partial charge is 0.0652 e. The Kier molecular flexibility index (Phi) is 6.03. The van der Waals surface area contributed by atoms with Crippen molar-refractivity contribution in [2.24, 2.45) is 5.10 Å². The van der Waals surface area contributed by atoms with Gasteiger partial charge in [-0.2, -0.15) is 5.10 Å². The van der Waals surface area contributed by atoms with Gasteiger partial charge >= 0.3 is 0 Å². The van der Waals surface area contributed by atoms with Crippen molar-refractivity contribution < 1.29 is 0 Å². The number of anilines is 5. The van der Waals surface area contributed by atoms with E-state index in [9.17, 15) is 0 Å². The second-order valence-electron chi connectivity index (χ2n) is 8.91.